The minimum atomic E-state index is -1.09. The molecule has 1 aromatic rings. The first-order chi connectivity index (χ1) is 9.00. The number of carboxylic acids is 1. The van der Waals surface area contributed by atoms with Crippen LogP contribution < -0.4 is 10.6 Å². The van der Waals surface area contributed by atoms with Gasteiger partial charge in [0.25, 0.3) is 0 Å². The Morgan fingerprint density at radius 2 is 2.16 bits per heavy atom. The summed E-state index contributed by atoms with van der Waals surface area (Å²) in [5.41, 5.74) is 0.579. The molecule has 0 aliphatic carbocycles. The van der Waals surface area contributed by atoms with Gasteiger partial charge in [-0.1, -0.05) is 13.8 Å². The lowest BCUT2D eigenvalue weighted by molar-refractivity contribution is -0.121. The van der Waals surface area contributed by atoms with Crippen molar-refractivity contribution in [1.29, 1.82) is 0 Å². The molecule has 0 aromatic carbocycles. The van der Waals surface area contributed by atoms with Gasteiger partial charge in [-0.05, 0) is 12.0 Å². The fraction of sp³-hybridized carbons (Fsp3) is 0.538. The maximum absolute atomic E-state index is 11.4. The summed E-state index contributed by atoms with van der Waals surface area (Å²) in [6, 6.07) is 1.61. The van der Waals surface area contributed by atoms with Crippen LogP contribution in [0.5, 0.6) is 0 Å². The fourth-order valence-corrected chi connectivity index (χ4v) is 1.49. The second kappa shape index (κ2) is 7.58. The molecule has 106 valence electrons. The predicted molar refractivity (Wildman–Crippen MR) is 69.8 cm³/mol. The molecule has 1 heterocycles. The highest BCUT2D eigenvalue weighted by Crippen LogP contribution is 2.09. The summed E-state index contributed by atoms with van der Waals surface area (Å²) in [4.78, 5) is 22.2. The Morgan fingerprint density at radius 1 is 1.42 bits per heavy atom. The molecule has 0 unspecified atom stereocenters. The number of hydrogen-bond donors (Lipinski definition) is 3. The first-order valence-corrected chi connectivity index (χ1v) is 6.27. The second-order valence-corrected chi connectivity index (χ2v) is 4.70. The number of furan rings is 1. The van der Waals surface area contributed by atoms with E-state index in [4.69, 9.17) is 9.52 Å². The van der Waals surface area contributed by atoms with Crippen LogP contribution in [-0.4, -0.2) is 30.1 Å². The van der Waals surface area contributed by atoms with Crippen molar-refractivity contribution in [1.82, 2.24) is 10.6 Å². The van der Waals surface area contributed by atoms with Gasteiger partial charge in [0.05, 0.1) is 6.26 Å². The van der Waals surface area contributed by atoms with Crippen LogP contribution in [-0.2, 0) is 11.3 Å². The van der Waals surface area contributed by atoms with Crippen molar-refractivity contribution in [3.63, 3.8) is 0 Å². The molecule has 1 amide bonds. The van der Waals surface area contributed by atoms with Crippen molar-refractivity contribution < 1.29 is 19.1 Å². The second-order valence-electron chi connectivity index (χ2n) is 4.70. The van der Waals surface area contributed by atoms with Gasteiger partial charge in [-0.3, -0.25) is 4.79 Å². The topological polar surface area (TPSA) is 91.6 Å². The van der Waals surface area contributed by atoms with Crippen molar-refractivity contribution in [3.8, 4) is 0 Å². The van der Waals surface area contributed by atoms with Gasteiger partial charge in [0.1, 0.15) is 0 Å². The normalized spacial score (nSPS) is 10.7. The van der Waals surface area contributed by atoms with Crippen molar-refractivity contribution >= 4 is 11.9 Å². The van der Waals surface area contributed by atoms with Gasteiger partial charge < -0.3 is 20.2 Å². The summed E-state index contributed by atoms with van der Waals surface area (Å²) >= 11 is 0. The average molecular weight is 268 g/mol. The Labute approximate surface area is 112 Å². The zero-order valence-corrected chi connectivity index (χ0v) is 11.2. The molecular weight excluding hydrogens is 248 g/mol. The van der Waals surface area contributed by atoms with Gasteiger partial charge in [0, 0.05) is 31.6 Å². The van der Waals surface area contributed by atoms with Crippen molar-refractivity contribution in [2.75, 3.05) is 13.1 Å². The maximum atomic E-state index is 11.4. The monoisotopic (exact) mass is 268 g/mol. The lowest BCUT2D eigenvalue weighted by Crippen LogP contribution is -2.30. The van der Waals surface area contributed by atoms with Gasteiger partial charge >= 0.3 is 5.97 Å². The van der Waals surface area contributed by atoms with E-state index in [9.17, 15) is 9.59 Å². The van der Waals surface area contributed by atoms with Crippen LogP contribution in [0.15, 0.2) is 16.7 Å². The van der Waals surface area contributed by atoms with E-state index in [1.54, 1.807) is 6.07 Å². The highest BCUT2D eigenvalue weighted by molar-refractivity contribution is 5.86. The molecular formula is C13H20N2O4. The minimum Gasteiger partial charge on any atom is -0.475 e. The molecule has 0 atom stereocenters. The molecule has 6 nitrogen and oxygen atoms in total. The highest BCUT2D eigenvalue weighted by Gasteiger charge is 2.13. The molecule has 0 fully saturated rings. The third-order valence-corrected chi connectivity index (χ3v) is 2.49. The largest absolute Gasteiger partial charge is 0.475 e. The van der Waals surface area contributed by atoms with Crippen LogP contribution in [0, 0.1) is 5.92 Å². The summed E-state index contributed by atoms with van der Waals surface area (Å²) in [6.45, 7) is 5.60. The van der Waals surface area contributed by atoms with Gasteiger partial charge in [-0.15, -0.1) is 0 Å². The summed E-state index contributed by atoms with van der Waals surface area (Å²) in [6.07, 6.45) is 1.71. The number of rotatable bonds is 8. The first kappa shape index (κ1) is 15.2. The molecule has 0 saturated heterocycles. The minimum absolute atomic E-state index is 0.00754. The average Bonchev–Trinajstić information content (AvgIpc) is 2.80. The van der Waals surface area contributed by atoms with E-state index in [0.29, 0.717) is 37.5 Å². The lowest BCUT2D eigenvalue weighted by Gasteiger charge is -2.08. The van der Waals surface area contributed by atoms with Gasteiger partial charge in [-0.2, -0.15) is 0 Å². The standard InChI is InChI=1S/C13H20N2O4/c1-9(2)7-15-11(16)3-5-14-8-10-4-6-19-12(10)13(17)18/h4,6,9,14H,3,5,7-8H2,1-2H3,(H,15,16)(H,17,18). The molecule has 19 heavy (non-hydrogen) atoms. The third-order valence-electron chi connectivity index (χ3n) is 2.49. The quantitative estimate of drug-likeness (QED) is 0.617. The summed E-state index contributed by atoms with van der Waals surface area (Å²) in [7, 11) is 0. The molecule has 1 aromatic heterocycles. The Hall–Kier alpha value is -1.82. The molecule has 6 heteroatoms. The Kier molecular flexibility index (Phi) is 6.08. The summed E-state index contributed by atoms with van der Waals surface area (Å²) < 4.78 is 4.85. The van der Waals surface area contributed by atoms with Gasteiger partial charge in [-0.25, -0.2) is 4.79 Å². The third kappa shape index (κ3) is 5.56. The van der Waals surface area contributed by atoms with E-state index in [-0.39, 0.29) is 11.7 Å². The van der Waals surface area contributed by atoms with E-state index in [0.717, 1.165) is 0 Å². The molecule has 0 saturated carbocycles. The van der Waals surface area contributed by atoms with Crippen LogP contribution in [0.1, 0.15) is 36.4 Å². The van der Waals surface area contributed by atoms with Crippen LogP contribution in [0.25, 0.3) is 0 Å². The first-order valence-electron chi connectivity index (χ1n) is 6.27. The number of nitrogens with one attached hydrogen (secondary N) is 2. The molecule has 0 aliphatic rings. The number of carbonyl (C=O) groups is 2. The molecule has 0 spiro atoms. The highest BCUT2D eigenvalue weighted by atomic mass is 16.4. The van der Waals surface area contributed by atoms with Crippen molar-refractivity contribution in [3.05, 3.63) is 23.7 Å². The van der Waals surface area contributed by atoms with Crippen molar-refractivity contribution in [2.24, 2.45) is 5.92 Å². The zero-order chi connectivity index (χ0) is 14.3. The lowest BCUT2D eigenvalue weighted by atomic mass is 10.2. The summed E-state index contributed by atoms with van der Waals surface area (Å²) in [5.74, 6) is -0.721. The van der Waals surface area contributed by atoms with E-state index in [1.165, 1.54) is 6.26 Å². The Bertz CT molecular complexity index is 426. The van der Waals surface area contributed by atoms with Crippen LogP contribution in [0.2, 0.25) is 0 Å². The molecule has 0 bridgehead atoms. The number of carboxylic acid groups (broad SMARTS) is 1. The molecule has 0 radical (unpaired) electrons. The van der Waals surface area contributed by atoms with E-state index in [1.807, 2.05) is 13.8 Å². The molecule has 0 aliphatic heterocycles. The Morgan fingerprint density at radius 3 is 2.79 bits per heavy atom. The van der Waals surface area contributed by atoms with E-state index in [2.05, 4.69) is 10.6 Å². The Balaban J connectivity index is 2.22. The zero-order valence-electron chi connectivity index (χ0n) is 11.2. The van der Waals surface area contributed by atoms with Crippen LogP contribution in [0.3, 0.4) is 0 Å². The maximum Gasteiger partial charge on any atom is 0.372 e. The SMILES string of the molecule is CC(C)CNC(=O)CCNCc1ccoc1C(=O)O. The van der Waals surface area contributed by atoms with Crippen molar-refractivity contribution in [2.45, 2.75) is 26.8 Å². The number of hydrogen-bond acceptors (Lipinski definition) is 4. The van der Waals surface area contributed by atoms with Gasteiger partial charge in [0.15, 0.2) is 0 Å². The smallest absolute Gasteiger partial charge is 0.372 e. The van der Waals surface area contributed by atoms with Crippen LogP contribution >= 0.6 is 0 Å². The predicted octanol–water partition coefficient (Wildman–Crippen LogP) is 1.23. The molecule has 3 N–H and O–H groups in total. The number of amides is 1. The van der Waals surface area contributed by atoms with Gasteiger partial charge in [0.2, 0.25) is 11.7 Å². The fourth-order valence-electron chi connectivity index (χ4n) is 1.49. The summed E-state index contributed by atoms with van der Waals surface area (Å²) in [5, 5.41) is 14.7. The number of aromatic carboxylic acids is 1. The van der Waals surface area contributed by atoms with E-state index < -0.39 is 5.97 Å². The molecule has 1 rings (SSSR count). The van der Waals surface area contributed by atoms with E-state index >= 15 is 0 Å². The number of carbonyl (C=O) groups excluding carboxylic acids is 1. The van der Waals surface area contributed by atoms with Crippen LogP contribution in [0.4, 0.5) is 0 Å².